The highest BCUT2D eigenvalue weighted by Gasteiger charge is 2.12. The van der Waals surface area contributed by atoms with Crippen molar-refractivity contribution in [2.45, 2.75) is 6.92 Å². The van der Waals surface area contributed by atoms with Crippen LogP contribution in [0, 0.1) is 5.82 Å². The standard InChI is InChI=1S/C17H15FO3/c1-11(9-17(19)20)12-7-8-16(21-2)14(10-12)13-5-3-4-6-15(13)18/h3-10H,1-2H3,(H,19,20)/b11-9+. The number of carbonyl (C=O) groups is 1. The number of benzene rings is 2. The Kier molecular flexibility index (Phi) is 4.38. The van der Waals surface area contributed by atoms with Gasteiger partial charge in [0.15, 0.2) is 0 Å². The predicted octanol–water partition coefficient (Wildman–Crippen LogP) is 3.99. The van der Waals surface area contributed by atoms with Gasteiger partial charge in [0.25, 0.3) is 0 Å². The summed E-state index contributed by atoms with van der Waals surface area (Å²) in [4.78, 5) is 10.8. The van der Waals surface area contributed by atoms with Gasteiger partial charge in [-0.2, -0.15) is 0 Å². The fourth-order valence-electron chi connectivity index (χ4n) is 2.11. The van der Waals surface area contributed by atoms with E-state index in [1.165, 1.54) is 13.2 Å². The maximum atomic E-state index is 14.0. The van der Waals surface area contributed by atoms with Gasteiger partial charge in [0.2, 0.25) is 0 Å². The molecule has 0 aromatic heterocycles. The average Bonchev–Trinajstić information content (AvgIpc) is 2.46. The van der Waals surface area contributed by atoms with Gasteiger partial charge in [-0.1, -0.05) is 24.3 Å². The van der Waals surface area contributed by atoms with E-state index in [1.807, 2.05) is 0 Å². The number of halogens is 1. The van der Waals surface area contributed by atoms with E-state index in [-0.39, 0.29) is 5.82 Å². The maximum Gasteiger partial charge on any atom is 0.328 e. The predicted molar refractivity (Wildman–Crippen MR) is 79.7 cm³/mol. The molecule has 0 aliphatic rings. The second-order valence-electron chi connectivity index (χ2n) is 4.56. The average molecular weight is 286 g/mol. The lowest BCUT2D eigenvalue weighted by Gasteiger charge is -2.12. The van der Waals surface area contributed by atoms with E-state index < -0.39 is 5.97 Å². The Balaban J connectivity index is 2.59. The molecular formula is C17H15FO3. The van der Waals surface area contributed by atoms with Crippen LogP contribution in [-0.4, -0.2) is 18.2 Å². The van der Waals surface area contributed by atoms with Crippen LogP contribution >= 0.6 is 0 Å². The molecule has 0 heterocycles. The normalized spacial score (nSPS) is 11.3. The summed E-state index contributed by atoms with van der Waals surface area (Å²) < 4.78 is 19.2. The molecule has 0 unspecified atom stereocenters. The van der Waals surface area contributed by atoms with E-state index in [0.717, 1.165) is 6.08 Å². The molecule has 4 heteroatoms. The lowest BCUT2D eigenvalue weighted by Crippen LogP contribution is -1.94. The van der Waals surface area contributed by atoms with Crippen LogP contribution in [0.15, 0.2) is 48.5 Å². The van der Waals surface area contributed by atoms with Crippen molar-refractivity contribution < 1.29 is 19.0 Å². The van der Waals surface area contributed by atoms with E-state index >= 15 is 0 Å². The summed E-state index contributed by atoms with van der Waals surface area (Å²) in [7, 11) is 1.51. The van der Waals surface area contributed by atoms with E-state index in [1.54, 1.807) is 43.3 Å². The summed E-state index contributed by atoms with van der Waals surface area (Å²) in [5.41, 5.74) is 2.30. The fraction of sp³-hybridized carbons (Fsp3) is 0.118. The molecule has 1 N–H and O–H groups in total. The van der Waals surface area contributed by atoms with Crippen molar-refractivity contribution in [1.82, 2.24) is 0 Å². The zero-order chi connectivity index (χ0) is 15.4. The third-order valence-corrected chi connectivity index (χ3v) is 3.16. The first-order valence-electron chi connectivity index (χ1n) is 6.37. The van der Waals surface area contributed by atoms with Crippen LogP contribution in [0.5, 0.6) is 5.75 Å². The minimum atomic E-state index is -1.02. The first kappa shape index (κ1) is 14.8. The Morgan fingerprint density at radius 1 is 1.19 bits per heavy atom. The second kappa shape index (κ2) is 6.22. The molecule has 0 fully saturated rings. The highest BCUT2D eigenvalue weighted by Crippen LogP contribution is 2.34. The highest BCUT2D eigenvalue weighted by molar-refractivity contribution is 5.90. The third-order valence-electron chi connectivity index (χ3n) is 3.16. The molecule has 0 radical (unpaired) electrons. The van der Waals surface area contributed by atoms with Crippen LogP contribution in [0.4, 0.5) is 4.39 Å². The van der Waals surface area contributed by atoms with Crippen molar-refractivity contribution in [2.24, 2.45) is 0 Å². The van der Waals surface area contributed by atoms with E-state index in [4.69, 9.17) is 9.84 Å². The van der Waals surface area contributed by atoms with Crippen molar-refractivity contribution in [3.8, 4) is 16.9 Å². The maximum absolute atomic E-state index is 14.0. The Labute approximate surface area is 122 Å². The number of ether oxygens (including phenoxy) is 1. The number of hydrogen-bond acceptors (Lipinski definition) is 2. The summed E-state index contributed by atoms with van der Waals surface area (Å²) in [6, 6.07) is 11.6. The molecular weight excluding hydrogens is 271 g/mol. The van der Waals surface area contributed by atoms with Crippen molar-refractivity contribution in [3.63, 3.8) is 0 Å². The van der Waals surface area contributed by atoms with Crippen molar-refractivity contribution in [2.75, 3.05) is 7.11 Å². The highest BCUT2D eigenvalue weighted by atomic mass is 19.1. The van der Waals surface area contributed by atoms with Gasteiger partial charge in [0, 0.05) is 17.2 Å². The summed E-state index contributed by atoms with van der Waals surface area (Å²) in [5.74, 6) is -0.837. The van der Waals surface area contributed by atoms with Gasteiger partial charge in [0.05, 0.1) is 7.11 Å². The minimum Gasteiger partial charge on any atom is -0.496 e. The number of allylic oxidation sites excluding steroid dienone is 1. The van der Waals surface area contributed by atoms with Gasteiger partial charge < -0.3 is 9.84 Å². The minimum absolute atomic E-state index is 0.354. The van der Waals surface area contributed by atoms with Crippen molar-refractivity contribution >= 4 is 11.5 Å². The van der Waals surface area contributed by atoms with E-state index in [0.29, 0.717) is 28.0 Å². The molecule has 0 atom stereocenters. The summed E-state index contributed by atoms with van der Waals surface area (Å²) in [6.45, 7) is 1.70. The molecule has 0 aliphatic carbocycles. The zero-order valence-electron chi connectivity index (χ0n) is 11.8. The van der Waals surface area contributed by atoms with Gasteiger partial charge in [-0.25, -0.2) is 9.18 Å². The van der Waals surface area contributed by atoms with Gasteiger partial charge in [-0.05, 0) is 36.3 Å². The number of aliphatic carboxylic acids is 1. The van der Waals surface area contributed by atoms with Crippen LogP contribution in [0.3, 0.4) is 0 Å². The van der Waals surface area contributed by atoms with Crippen LogP contribution in [0.2, 0.25) is 0 Å². The Hall–Kier alpha value is -2.62. The number of carboxylic acid groups (broad SMARTS) is 1. The summed E-state index contributed by atoms with van der Waals surface area (Å²) in [6.07, 6.45) is 1.12. The lowest BCUT2D eigenvalue weighted by atomic mass is 9.98. The molecule has 2 aromatic rings. The molecule has 0 saturated heterocycles. The number of rotatable bonds is 4. The van der Waals surface area contributed by atoms with Gasteiger partial charge in [0.1, 0.15) is 11.6 Å². The monoisotopic (exact) mass is 286 g/mol. The van der Waals surface area contributed by atoms with Gasteiger partial charge in [-0.3, -0.25) is 0 Å². The molecule has 0 spiro atoms. The van der Waals surface area contributed by atoms with Crippen LogP contribution in [0.1, 0.15) is 12.5 Å². The zero-order valence-corrected chi connectivity index (χ0v) is 11.8. The van der Waals surface area contributed by atoms with Crippen molar-refractivity contribution in [1.29, 1.82) is 0 Å². The van der Waals surface area contributed by atoms with Gasteiger partial charge >= 0.3 is 5.97 Å². The third kappa shape index (κ3) is 3.28. The first-order chi connectivity index (χ1) is 10.0. The van der Waals surface area contributed by atoms with E-state index in [2.05, 4.69) is 0 Å². The second-order valence-corrected chi connectivity index (χ2v) is 4.56. The smallest absolute Gasteiger partial charge is 0.328 e. The SMILES string of the molecule is COc1ccc(/C(C)=C/C(=O)O)cc1-c1ccccc1F. The van der Waals surface area contributed by atoms with Crippen LogP contribution in [-0.2, 0) is 4.79 Å². The van der Waals surface area contributed by atoms with Gasteiger partial charge in [-0.15, -0.1) is 0 Å². The van der Waals surface area contributed by atoms with E-state index in [9.17, 15) is 9.18 Å². The first-order valence-corrected chi connectivity index (χ1v) is 6.37. The number of carboxylic acids is 1. The van der Waals surface area contributed by atoms with Crippen LogP contribution in [0.25, 0.3) is 16.7 Å². The Morgan fingerprint density at radius 2 is 1.90 bits per heavy atom. The largest absolute Gasteiger partial charge is 0.496 e. The Morgan fingerprint density at radius 3 is 2.52 bits per heavy atom. The van der Waals surface area contributed by atoms with Crippen molar-refractivity contribution in [3.05, 3.63) is 59.9 Å². The molecule has 0 aliphatic heterocycles. The summed E-state index contributed by atoms with van der Waals surface area (Å²) in [5, 5.41) is 8.82. The Bertz CT molecular complexity index is 705. The molecule has 0 saturated carbocycles. The quantitative estimate of drug-likeness (QED) is 0.864. The lowest BCUT2D eigenvalue weighted by molar-refractivity contribution is -0.131. The van der Waals surface area contributed by atoms with Crippen LogP contribution < -0.4 is 4.74 Å². The molecule has 21 heavy (non-hydrogen) atoms. The molecule has 108 valence electrons. The number of methoxy groups -OCH3 is 1. The molecule has 0 bridgehead atoms. The molecule has 0 amide bonds. The summed E-state index contributed by atoms with van der Waals surface area (Å²) >= 11 is 0. The molecule has 2 rings (SSSR count). The molecule has 2 aromatic carbocycles. The fourth-order valence-corrected chi connectivity index (χ4v) is 2.11. The number of hydrogen-bond donors (Lipinski definition) is 1. The molecule has 3 nitrogen and oxygen atoms in total. The topological polar surface area (TPSA) is 46.5 Å².